The van der Waals surface area contributed by atoms with Crippen LogP contribution in [0.15, 0.2) is 40.8 Å². The molecule has 1 atom stereocenters. The van der Waals surface area contributed by atoms with Gasteiger partial charge in [0.05, 0.1) is 6.54 Å². The molecule has 1 aliphatic carbocycles. The molecule has 184 valence electrons. The predicted molar refractivity (Wildman–Crippen MR) is 133 cm³/mol. The third-order valence-electron chi connectivity index (χ3n) is 7.26. The highest BCUT2D eigenvalue weighted by atomic mass is 16.4. The van der Waals surface area contributed by atoms with Gasteiger partial charge in [-0.15, -0.1) is 0 Å². The highest BCUT2D eigenvalue weighted by molar-refractivity contribution is 5.96. The molecular formula is C27H32N4O4. The topological polar surface area (TPSA) is 107 Å². The molecule has 2 aromatic heterocycles. The van der Waals surface area contributed by atoms with Crippen LogP contribution in [0.1, 0.15) is 61.2 Å². The number of hydrogen-bond donors (Lipinski definition) is 3. The van der Waals surface area contributed by atoms with E-state index in [9.17, 15) is 14.4 Å². The average molecular weight is 477 g/mol. The summed E-state index contributed by atoms with van der Waals surface area (Å²) in [5, 5.41) is 6.65. The molecule has 8 nitrogen and oxygen atoms in total. The fourth-order valence-corrected chi connectivity index (χ4v) is 5.35. The van der Waals surface area contributed by atoms with Crippen LogP contribution in [0.5, 0.6) is 0 Å². The Kier molecular flexibility index (Phi) is 6.61. The maximum Gasteiger partial charge on any atom is 0.287 e. The van der Waals surface area contributed by atoms with Gasteiger partial charge in [-0.25, -0.2) is 0 Å². The molecule has 3 heterocycles. The molecule has 0 unspecified atom stereocenters. The van der Waals surface area contributed by atoms with Gasteiger partial charge in [0.25, 0.3) is 5.91 Å². The van der Waals surface area contributed by atoms with Gasteiger partial charge in [-0.2, -0.15) is 0 Å². The summed E-state index contributed by atoms with van der Waals surface area (Å²) in [4.78, 5) is 42.7. The number of hydrogen-bond acceptors (Lipinski definition) is 4. The summed E-state index contributed by atoms with van der Waals surface area (Å²) >= 11 is 0. The maximum absolute atomic E-state index is 12.9. The van der Waals surface area contributed by atoms with Gasteiger partial charge in [0.1, 0.15) is 11.8 Å². The molecule has 1 saturated heterocycles. The summed E-state index contributed by atoms with van der Waals surface area (Å²) in [6, 6.07) is 10.9. The zero-order chi connectivity index (χ0) is 24.4. The van der Waals surface area contributed by atoms with Crippen molar-refractivity contribution in [3.8, 4) is 11.3 Å². The van der Waals surface area contributed by atoms with Gasteiger partial charge in [0.2, 0.25) is 11.8 Å². The molecule has 3 amide bonds. The number of benzene rings is 1. The lowest BCUT2D eigenvalue weighted by molar-refractivity contribution is -0.128. The Hall–Kier alpha value is -3.55. The Balaban J connectivity index is 1.30. The minimum absolute atomic E-state index is 0.141. The average Bonchev–Trinajstić information content (AvgIpc) is 3.62. The van der Waals surface area contributed by atoms with Crippen LogP contribution in [0.25, 0.3) is 22.2 Å². The molecule has 0 bridgehead atoms. The number of aromatic nitrogens is 1. The quantitative estimate of drug-likeness (QED) is 0.479. The number of furan rings is 1. The van der Waals surface area contributed by atoms with Crippen LogP contribution >= 0.6 is 0 Å². The fraction of sp³-hybridized carbons (Fsp3) is 0.444. The van der Waals surface area contributed by atoms with Crippen LogP contribution in [-0.4, -0.2) is 47.2 Å². The van der Waals surface area contributed by atoms with E-state index in [-0.39, 0.29) is 29.4 Å². The first kappa shape index (κ1) is 23.2. The zero-order valence-corrected chi connectivity index (χ0v) is 20.1. The smallest absolute Gasteiger partial charge is 0.287 e. The molecule has 3 N–H and O–H groups in total. The van der Waals surface area contributed by atoms with Gasteiger partial charge in [-0.05, 0) is 54.8 Å². The number of nitrogens with zero attached hydrogens (tertiary/aromatic N) is 1. The fourth-order valence-electron chi connectivity index (χ4n) is 5.35. The number of aromatic amines is 1. The minimum Gasteiger partial charge on any atom is -0.451 e. The molecule has 1 aromatic carbocycles. The molecule has 8 heteroatoms. The largest absolute Gasteiger partial charge is 0.451 e. The van der Waals surface area contributed by atoms with Gasteiger partial charge in [-0.3, -0.25) is 14.4 Å². The van der Waals surface area contributed by atoms with Crippen molar-refractivity contribution in [3.63, 3.8) is 0 Å². The van der Waals surface area contributed by atoms with Crippen LogP contribution in [0.4, 0.5) is 0 Å². The molecule has 3 aromatic rings. The molecule has 0 radical (unpaired) electrons. The van der Waals surface area contributed by atoms with Crippen molar-refractivity contribution >= 4 is 28.6 Å². The summed E-state index contributed by atoms with van der Waals surface area (Å²) in [5.74, 6) is 0.562. The second-order valence-electron chi connectivity index (χ2n) is 9.64. The lowest BCUT2D eigenvalue weighted by atomic mass is 9.83. The first-order chi connectivity index (χ1) is 17.0. The molecular weight excluding hydrogens is 444 g/mol. The lowest BCUT2D eigenvalue weighted by Gasteiger charge is -2.29. The van der Waals surface area contributed by atoms with Crippen molar-refractivity contribution in [2.75, 3.05) is 13.6 Å². The van der Waals surface area contributed by atoms with Crippen LogP contribution in [0, 0.1) is 5.92 Å². The first-order valence-electron chi connectivity index (χ1n) is 12.5. The minimum atomic E-state index is -0.558. The summed E-state index contributed by atoms with van der Waals surface area (Å²) < 4.78 is 5.90. The molecule has 2 fully saturated rings. The summed E-state index contributed by atoms with van der Waals surface area (Å²) in [5.41, 5.74) is 2.79. The maximum atomic E-state index is 12.9. The Labute approximate surface area is 204 Å². The molecule has 5 rings (SSSR count). The van der Waals surface area contributed by atoms with Crippen molar-refractivity contribution < 1.29 is 18.8 Å². The van der Waals surface area contributed by atoms with E-state index in [1.54, 1.807) is 19.2 Å². The molecule has 0 spiro atoms. The van der Waals surface area contributed by atoms with E-state index in [0.29, 0.717) is 18.7 Å². The number of H-pyrrole nitrogens is 1. The second kappa shape index (κ2) is 9.98. The monoisotopic (exact) mass is 476 g/mol. The van der Waals surface area contributed by atoms with Gasteiger partial charge < -0.3 is 24.9 Å². The van der Waals surface area contributed by atoms with Crippen LogP contribution < -0.4 is 10.6 Å². The van der Waals surface area contributed by atoms with Crippen molar-refractivity contribution in [1.29, 1.82) is 0 Å². The summed E-state index contributed by atoms with van der Waals surface area (Å²) in [6.45, 7) is 1.39. The Morgan fingerprint density at radius 1 is 1.11 bits per heavy atom. The van der Waals surface area contributed by atoms with Crippen LogP contribution in [0.3, 0.4) is 0 Å². The number of fused-ring (bicyclic) bond motifs is 1. The Morgan fingerprint density at radius 3 is 2.69 bits per heavy atom. The highest BCUT2D eigenvalue weighted by Crippen LogP contribution is 2.29. The van der Waals surface area contributed by atoms with Crippen molar-refractivity contribution in [3.05, 3.63) is 47.9 Å². The summed E-state index contributed by atoms with van der Waals surface area (Å²) in [7, 11) is 1.60. The highest BCUT2D eigenvalue weighted by Gasteiger charge is 2.31. The van der Waals surface area contributed by atoms with Crippen LogP contribution in [0.2, 0.25) is 0 Å². The van der Waals surface area contributed by atoms with E-state index in [1.165, 1.54) is 6.42 Å². The standard InChI is InChI=1S/C27H32N4O4/c1-28-27(34)25(17-6-3-2-4-7-17)30-26(33)23-12-11-22(35-23)19-10-9-18-14-20(29-21(18)15-19)16-31-13-5-8-24(31)32/h9-12,14-15,17,25,29H,2-8,13,16H2,1H3,(H,28,34)(H,30,33)/t25-/m0/s1. The molecule has 2 aliphatic rings. The van der Waals surface area contributed by atoms with E-state index in [4.69, 9.17) is 4.42 Å². The third-order valence-corrected chi connectivity index (χ3v) is 7.26. The second-order valence-corrected chi connectivity index (χ2v) is 9.64. The number of likely N-dealkylation sites (tertiary alicyclic amines) is 1. The number of amides is 3. The summed E-state index contributed by atoms with van der Waals surface area (Å²) in [6.07, 6.45) is 6.75. The van der Waals surface area contributed by atoms with Gasteiger partial charge in [-0.1, -0.05) is 31.4 Å². The number of carbonyl (C=O) groups is 3. The number of carbonyl (C=O) groups excluding carboxylic acids is 3. The molecule has 1 aliphatic heterocycles. The van der Waals surface area contributed by atoms with Gasteiger partial charge in [0, 0.05) is 36.8 Å². The van der Waals surface area contributed by atoms with E-state index in [1.807, 2.05) is 23.1 Å². The van der Waals surface area contributed by atoms with E-state index in [0.717, 1.165) is 60.8 Å². The van der Waals surface area contributed by atoms with E-state index < -0.39 is 6.04 Å². The predicted octanol–water partition coefficient (Wildman–Crippen LogP) is 3.98. The van der Waals surface area contributed by atoms with Crippen LogP contribution in [-0.2, 0) is 16.1 Å². The van der Waals surface area contributed by atoms with Gasteiger partial charge >= 0.3 is 0 Å². The zero-order valence-electron chi connectivity index (χ0n) is 20.1. The van der Waals surface area contributed by atoms with Gasteiger partial charge in [0.15, 0.2) is 5.76 Å². The third kappa shape index (κ3) is 4.97. The van der Waals surface area contributed by atoms with E-state index in [2.05, 4.69) is 21.7 Å². The number of likely N-dealkylation sites (N-methyl/N-ethyl adjacent to an activating group) is 1. The molecule has 1 saturated carbocycles. The van der Waals surface area contributed by atoms with Crippen molar-refractivity contribution in [2.45, 2.75) is 57.5 Å². The Morgan fingerprint density at radius 2 is 1.94 bits per heavy atom. The van der Waals surface area contributed by atoms with Crippen molar-refractivity contribution in [1.82, 2.24) is 20.5 Å². The van der Waals surface area contributed by atoms with E-state index >= 15 is 0 Å². The number of rotatable bonds is 7. The van der Waals surface area contributed by atoms with Crippen molar-refractivity contribution in [2.24, 2.45) is 5.92 Å². The SMILES string of the molecule is CNC(=O)[C@@H](NC(=O)c1ccc(-c2ccc3cc(CN4CCCC4=O)[nH]c3c2)o1)C1CCCCC1. The first-order valence-corrected chi connectivity index (χ1v) is 12.5. The lowest BCUT2D eigenvalue weighted by Crippen LogP contribution is -2.50. The number of nitrogens with one attached hydrogen (secondary N) is 3. The molecule has 35 heavy (non-hydrogen) atoms. The Bertz CT molecular complexity index is 1240. The normalized spacial score (nSPS) is 17.6.